The molecule has 0 amide bonds. The third kappa shape index (κ3) is 3.40. The summed E-state index contributed by atoms with van der Waals surface area (Å²) in [6, 6.07) is 4.70. The third-order valence-corrected chi connectivity index (χ3v) is 4.18. The van der Waals surface area contributed by atoms with Gasteiger partial charge in [-0.05, 0) is 23.8 Å². The molecule has 132 valence electrons. The number of fused-ring (bicyclic) bond motifs is 1. The highest BCUT2D eigenvalue weighted by Crippen LogP contribution is 2.35. The van der Waals surface area contributed by atoms with Gasteiger partial charge in [0, 0.05) is 28.0 Å². The summed E-state index contributed by atoms with van der Waals surface area (Å²) in [5, 5.41) is 11.3. The summed E-state index contributed by atoms with van der Waals surface area (Å²) in [5.74, 6) is -1.28. The Kier molecular flexibility index (Phi) is 4.34. The standard InChI is InChI=1S/C15H10Cl2F3N3O2/c16-9-2-1-8(11(17)5-9)6-23-12-7-22(15(18,19)20)4-3-10(12)13(21-23)14(24)25/h1-5,7,21H,6H2,(H,24,25). The predicted octanol–water partition coefficient (Wildman–Crippen LogP) is 3.84. The van der Waals surface area contributed by atoms with E-state index in [1.807, 2.05) is 0 Å². The van der Waals surface area contributed by atoms with Crippen LogP contribution in [-0.4, -0.2) is 27.3 Å². The first-order valence-electron chi connectivity index (χ1n) is 6.88. The predicted molar refractivity (Wildman–Crippen MR) is 84.9 cm³/mol. The van der Waals surface area contributed by atoms with Crippen LogP contribution in [0, 0.1) is 0 Å². The maximum Gasteiger partial charge on any atom is 0.488 e. The number of rotatable bonds is 3. The van der Waals surface area contributed by atoms with Crippen molar-refractivity contribution in [2.75, 3.05) is 0 Å². The molecule has 0 saturated carbocycles. The molecule has 1 aromatic rings. The van der Waals surface area contributed by atoms with Crippen molar-refractivity contribution in [2.45, 2.75) is 12.8 Å². The van der Waals surface area contributed by atoms with Crippen molar-refractivity contribution >= 4 is 29.2 Å². The molecule has 0 atom stereocenters. The van der Waals surface area contributed by atoms with Gasteiger partial charge in [-0.1, -0.05) is 29.3 Å². The quantitative estimate of drug-likeness (QED) is 0.766. The maximum absolute atomic E-state index is 12.9. The monoisotopic (exact) mass is 391 g/mol. The summed E-state index contributed by atoms with van der Waals surface area (Å²) in [5.41, 5.74) is 3.18. The molecule has 0 aromatic heterocycles. The van der Waals surface area contributed by atoms with Gasteiger partial charge < -0.3 is 5.11 Å². The van der Waals surface area contributed by atoms with Crippen molar-refractivity contribution in [2.24, 2.45) is 0 Å². The van der Waals surface area contributed by atoms with Crippen molar-refractivity contribution in [1.29, 1.82) is 0 Å². The van der Waals surface area contributed by atoms with Crippen LogP contribution in [0.5, 0.6) is 0 Å². The van der Waals surface area contributed by atoms with E-state index in [9.17, 15) is 23.1 Å². The van der Waals surface area contributed by atoms with Crippen molar-refractivity contribution in [3.05, 3.63) is 69.3 Å². The second-order valence-corrected chi connectivity index (χ2v) is 6.08. The van der Waals surface area contributed by atoms with E-state index in [2.05, 4.69) is 5.43 Å². The summed E-state index contributed by atoms with van der Waals surface area (Å²) in [4.78, 5) is 11.4. The van der Waals surface area contributed by atoms with Crippen molar-refractivity contribution in [3.8, 4) is 0 Å². The van der Waals surface area contributed by atoms with Crippen LogP contribution >= 0.6 is 23.2 Å². The fraction of sp³-hybridized carbons (Fsp3) is 0.133. The van der Waals surface area contributed by atoms with Gasteiger partial charge in [-0.25, -0.2) is 4.79 Å². The summed E-state index contributed by atoms with van der Waals surface area (Å²) in [6.45, 7) is 0.0433. The molecule has 3 rings (SSSR count). The van der Waals surface area contributed by atoms with E-state index < -0.39 is 12.3 Å². The number of hydrogen-bond acceptors (Lipinski definition) is 4. The highest BCUT2D eigenvalue weighted by atomic mass is 35.5. The number of benzene rings is 1. The number of hydrazine groups is 1. The summed E-state index contributed by atoms with van der Waals surface area (Å²) >= 11 is 11.9. The molecule has 0 radical (unpaired) electrons. The van der Waals surface area contributed by atoms with Crippen molar-refractivity contribution in [3.63, 3.8) is 0 Å². The van der Waals surface area contributed by atoms with E-state index in [1.54, 1.807) is 12.1 Å². The summed E-state index contributed by atoms with van der Waals surface area (Å²) < 4.78 is 38.8. The Morgan fingerprint density at radius 2 is 2.00 bits per heavy atom. The van der Waals surface area contributed by atoms with Crippen LogP contribution in [0.25, 0.3) is 0 Å². The average Bonchev–Trinajstić information content (AvgIpc) is 2.87. The number of carboxylic acid groups (broad SMARTS) is 1. The number of hydrogen-bond donors (Lipinski definition) is 2. The largest absolute Gasteiger partial charge is 0.488 e. The van der Waals surface area contributed by atoms with Crippen LogP contribution in [0.1, 0.15) is 5.56 Å². The number of halogens is 5. The average molecular weight is 392 g/mol. The maximum atomic E-state index is 12.9. The van der Waals surface area contributed by atoms with E-state index >= 15 is 0 Å². The highest BCUT2D eigenvalue weighted by molar-refractivity contribution is 6.35. The van der Waals surface area contributed by atoms with E-state index in [4.69, 9.17) is 23.2 Å². The zero-order chi connectivity index (χ0) is 18.4. The fourth-order valence-corrected chi connectivity index (χ4v) is 2.90. The van der Waals surface area contributed by atoms with Crippen LogP contribution in [0.4, 0.5) is 13.2 Å². The van der Waals surface area contributed by atoms with Gasteiger partial charge in [0.1, 0.15) is 5.70 Å². The number of nitrogens with one attached hydrogen (secondary N) is 1. The van der Waals surface area contributed by atoms with Gasteiger partial charge in [-0.2, -0.15) is 0 Å². The molecular weight excluding hydrogens is 382 g/mol. The lowest BCUT2D eigenvalue weighted by Crippen LogP contribution is -2.35. The van der Waals surface area contributed by atoms with E-state index in [0.29, 0.717) is 15.6 Å². The zero-order valence-corrected chi connectivity index (χ0v) is 13.8. The molecule has 0 unspecified atom stereocenters. The van der Waals surface area contributed by atoms with Gasteiger partial charge in [0.05, 0.1) is 12.2 Å². The van der Waals surface area contributed by atoms with E-state index in [-0.39, 0.29) is 28.4 Å². The summed E-state index contributed by atoms with van der Waals surface area (Å²) in [7, 11) is 0. The van der Waals surface area contributed by atoms with Gasteiger partial charge in [0.15, 0.2) is 0 Å². The van der Waals surface area contributed by atoms with Crippen molar-refractivity contribution < 1.29 is 23.1 Å². The molecule has 10 heteroatoms. The van der Waals surface area contributed by atoms with Gasteiger partial charge in [0.2, 0.25) is 0 Å². The number of aliphatic carboxylic acids is 1. The molecule has 25 heavy (non-hydrogen) atoms. The second kappa shape index (κ2) is 6.20. The van der Waals surface area contributed by atoms with Gasteiger partial charge in [0.25, 0.3) is 0 Å². The first kappa shape index (κ1) is 17.5. The first-order valence-corrected chi connectivity index (χ1v) is 7.63. The van der Waals surface area contributed by atoms with Crippen LogP contribution in [-0.2, 0) is 11.3 Å². The number of allylic oxidation sites excluding steroid dienone is 1. The van der Waals surface area contributed by atoms with E-state index in [1.165, 1.54) is 11.1 Å². The molecule has 0 bridgehead atoms. The minimum absolute atomic E-state index is 0.0433. The lowest BCUT2D eigenvalue weighted by atomic mass is 10.1. The molecule has 1 aromatic carbocycles. The molecule has 5 nitrogen and oxygen atoms in total. The Hall–Kier alpha value is -2.32. The number of carbonyl (C=O) groups is 1. The highest BCUT2D eigenvalue weighted by Gasteiger charge is 2.39. The molecule has 0 aliphatic carbocycles. The van der Waals surface area contributed by atoms with Crippen LogP contribution in [0.2, 0.25) is 10.0 Å². The lowest BCUT2D eigenvalue weighted by molar-refractivity contribution is -0.211. The Bertz CT molecular complexity index is 834. The Labute approximate surface area is 150 Å². The van der Waals surface area contributed by atoms with Crippen molar-refractivity contribution in [1.82, 2.24) is 15.3 Å². The van der Waals surface area contributed by atoms with Gasteiger partial charge in [-0.3, -0.25) is 15.3 Å². The smallest absolute Gasteiger partial charge is 0.477 e. The molecule has 0 saturated heterocycles. The number of nitrogens with zero attached hydrogens (tertiary/aromatic N) is 2. The molecule has 2 aliphatic rings. The van der Waals surface area contributed by atoms with Crippen LogP contribution in [0.15, 0.2) is 53.6 Å². The normalized spacial score (nSPS) is 16.8. The minimum Gasteiger partial charge on any atom is -0.477 e. The van der Waals surface area contributed by atoms with Gasteiger partial charge in [-0.15, -0.1) is 13.2 Å². The SMILES string of the molecule is O=C(O)C1=C2C=CN(C(F)(F)F)C=C2N(Cc2ccc(Cl)cc2Cl)N1. The molecule has 2 N–H and O–H groups in total. The van der Waals surface area contributed by atoms with E-state index in [0.717, 1.165) is 18.5 Å². The summed E-state index contributed by atoms with van der Waals surface area (Å²) in [6.07, 6.45) is -1.93. The topological polar surface area (TPSA) is 55.8 Å². The van der Waals surface area contributed by atoms with Crippen LogP contribution < -0.4 is 5.43 Å². The Morgan fingerprint density at radius 1 is 1.28 bits per heavy atom. The molecule has 2 heterocycles. The third-order valence-electron chi connectivity index (χ3n) is 3.60. The van der Waals surface area contributed by atoms with Gasteiger partial charge >= 0.3 is 12.3 Å². The number of alkyl halides is 3. The Balaban J connectivity index is 1.96. The Morgan fingerprint density at radius 3 is 2.60 bits per heavy atom. The fourth-order valence-electron chi connectivity index (χ4n) is 2.43. The number of carboxylic acids is 1. The second-order valence-electron chi connectivity index (χ2n) is 5.23. The van der Waals surface area contributed by atoms with Crippen LogP contribution in [0.3, 0.4) is 0 Å². The lowest BCUT2D eigenvalue weighted by Gasteiger charge is -2.27. The first-order chi connectivity index (χ1) is 11.7. The molecule has 0 spiro atoms. The minimum atomic E-state index is -4.62. The molecule has 0 fully saturated rings. The molecule has 2 aliphatic heterocycles. The molecular formula is C15H10Cl2F3N3O2. The zero-order valence-electron chi connectivity index (χ0n) is 12.3.